The van der Waals surface area contributed by atoms with Gasteiger partial charge in [-0.25, -0.2) is 4.39 Å². The highest BCUT2D eigenvalue weighted by Gasteiger charge is 2.06. The van der Waals surface area contributed by atoms with Gasteiger partial charge in [-0.3, -0.25) is 0 Å². The zero-order chi connectivity index (χ0) is 14.5. The topological polar surface area (TPSA) is 0 Å². The quantitative estimate of drug-likeness (QED) is 0.627. The molecule has 2 aromatic rings. The van der Waals surface area contributed by atoms with Gasteiger partial charge in [-0.2, -0.15) is 0 Å². The van der Waals surface area contributed by atoms with Crippen LogP contribution < -0.4 is 0 Å². The van der Waals surface area contributed by atoms with Gasteiger partial charge in [-0.05, 0) is 29.7 Å². The van der Waals surface area contributed by atoms with Gasteiger partial charge in [0.1, 0.15) is 5.82 Å². The zero-order valence-electron chi connectivity index (χ0n) is 11.6. The van der Waals surface area contributed by atoms with Crippen molar-refractivity contribution in [2.24, 2.45) is 0 Å². The predicted octanol–water partition coefficient (Wildman–Crippen LogP) is 5.64. The smallest absolute Gasteiger partial charge is 0.131 e. The average molecular weight is 264 g/mol. The Labute approximate surface area is 119 Å². The number of hydrogen-bond donors (Lipinski definition) is 0. The van der Waals surface area contributed by atoms with Crippen LogP contribution in [-0.4, -0.2) is 0 Å². The molecule has 0 saturated heterocycles. The Morgan fingerprint density at radius 3 is 2.25 bits per heavy atom. The van der Waals surface area contributed by atoms with Gasteiger partial charge in [-0.1, -0.05) is 73.3 Å². The van der Waals surface area contributed by atoms with Gasteiger partial charge >= 0.3 is 0 Å². The Bertz CT molecular complexity index is 663. The van der Waals surface area contributed by atoms with Crippen molar-refractivity contribution >= 4 is 5.57 Å². The Morgan fingerprint density at radius 2 is 1.65 bits per heavy atom. The van der Waals surface area contributed by atoms with Gasteiger partial charge in [0.25, 0.3) is 0 Å². The van der Waals surface area contributed by atoms with E-state index in [-0.39, 0.29) is 5.82 Å². The van der Waals surface area contributed by atoms with Crippen molar-refractivity contribution in [2.75, 3.05) is 0 Å². The molecule has 0 atom stereocenters. The molecule has 0 heterocycles. The summed E-state index contributed by atoms with van der Waals surface area (Å²) in [4.78, 5) is 0. The molecule has 0 saturated carbocycles. The van der Waals surface area contributed by atoms with Gasteiger partial charge in [0.2, 0.25) is 0 Å². The van der Waals surface area contributed by atoms with E-state index in [1.54, 1.807) is 18.2 Å². The molecule has 0 bridgehead atoms. The second-order valence-corrected chi connectivity index (χ2v) is 4.77. The van der Waals surface area contributed by atoms with Crippen LogP contribution in [0.5, 0.6) is 0 Å². The van der Waals surface area contributed by atoms with E-state index >= 15 is 0 Å². The highest BCUT2D eigenvalue weighted by atomic mass is 19.1. The molecule has 0 amide bonds. The first-order chi connectivity index (χ1) is 9.58. The van der Waals surface area contributed by atoms with Crippen molar-refractivity contribution in [1.29, 1.82) is 0 Å². The molecule has 0 spiro atoms. The van der Waals surface area contributed by atoms with Crippen LogP contribution in [0.25, 0.3) is 16.7 Å². The summed E-state index contributed by atoms with van der Waals surface area (Å²) in [6.45, 7) is 9.56. The number of rotatable bonds is 4. The highest BCUT2D eigenvalue weighted by molar-refractivity contribution is 5.75. The minimum Gasteiger partial charge on any atom is -0.206 e. The molecule has 0 unspecified atom stereocenters. The third kappa shape index (κ3) is 3.33. The van der Waals surface area contributed by atoms with Gasteiger partial charge < -0.3 is 0 Å². The van der Waals surface area contributed by atoms with Gasteiger partial charge in [0.15, 0.2) is 0 Å². The minimum absolute atomic E-state index is 0.261. The van der Waals surface area contributed by atoms with Crippen LogP contribution in [-0.2, 0) is 0 Å². The molecule has 20 heavy (non-hydrogen) atoms. The monoisotopic (exact) mass is 264 g/mol. The first-order valence-corrected chi connectivity index (χ1v) is 6.46. The summed E-state index contributed by atoms with van der Waals surface area (Å²) >= 11 is 0. The number of allylic oxidation sites excluding steroid dienone is 4. The van der Waals surface area contributed by atoms with Crippen molar-refractivity contribution in [3.05, 3.63) is 90.8 Å². The second-order valence-electron chi connectivity index (χ2n) is 4.77. The van der Waals surface area contributed by atoms with E-state index in [1.165, 1.54) is 0 Å². The fraction of sp³-hybridized carbons (Fsp3) is 0.0526. The Balaban J connectivity index is 2.31. The standard InChI is InChI=1S/C19H17F/c1-14(2)9-10-15(3)18-12-11-17(13-19(18)20)16-7-5-4-6-8-16/h4-13H,1,3H2,2H3/b10-9-. The molecule has 0 fully saturated rings. The van der Waals surface area contributed by atoms with Crippen LogP contribution in [0.2, 0.25) is 0 Å². The Hall–Kier alpha value is -2.41. The van der Waals surface area contributed by atoms with Gasteiger partial charge in [-0.15, -0.1) is 0 Å². The summed E-state index contributed by atoms with van der Waals surface area (Å²) in [5, 5.41) is 0. The number of hydrogen-bond acceptors (Lipinski definition) is 0. The molecule has 0 nitrogen and oxygen atoms in total. The number of halogens is 1. The summed E-state index contributed by atoms with van der Waals surface area (Å²) in [6, 6.07) is 15.0. The highest BCUT2D eigenvalue weighted by Crippen LogP contribution is 2.25. The van der Waals surface area contributed by atoms with Crippen LogP contribution in [0.1, 0.15) is 12.5 Å². The predicted molar refractivity (Wildman–Crippen MR) is 84.8 cm³/mol. The maximum absolute atomic E-state index is 14.2. The maximum Gasteiger partial charge on any atom is 0.131 e. The molecule has 0 aliphatic carbocycles. The molecule has 0 aliphatic heterocycles. The van der Waals surface area contributed by atoms with Gasteiger partial charge in [0, 0.05) is 5.56 Å². The van der Waals surface area contributed by atoms with E-state index < -0.39 is 0 Å². The lowest BCUT2D eigenvalue weighted by Crippen LogP contribution is -1.88. The normalized spacial score (nSPS) is 10.7. The van der Waals surface area contributed by atoms with Crippen LogP contribution in [0.15, 0.2) is 79.4 Å². The summed E-state index contributed by atoms with van der Waals surface area (Å²) in [5.74, 6) is -0.261. The first kappa shape index (κ1) is 14.0. The fourth-order valence-electron chi connectivity index (χ4n) is 1.92. The van der Waals surface area contributed by atoms with E-state index in [2.05, 4.69) is 13.2 Å². The SMILES string of the molecule is C=C(C)/C=C\C(=C)c1ccc(-c2ccccc2)cc1F. The zero-order valence-corrected chi connectivity index (χ0v) is 11.6. The second kappa shape index (κ2) is 6.16. The third-order valence-electron chi connectivity index (χ3n) is 2.99. The molecule has 0 radical (unpaired) electrons. The summed E-state index contributed by atoms with van der Waals surface area (Å²) < 4.78 is 14.2. The summed E-state index contributed by atoms with van der Waals surface area (Å²) in [7, 11) is 0. The van der Waals surface area contributed by atoms with E-state index in [1.807, 2.05) is 49.4 Å². The molecular weight excluding hydrogens is 247 g/mol. The molecule has 0 N–H and O–H groups in total. The van der Waals surface area contributed by atoms with E-state index in [9.17, 15) is 4.39 Å². The van der Waals surface area contributed by atoms with Crippen LogP contribution >= 0.6 is 0 Å². The number of benzene rings is 2. The molecule has 0 aliphatic rings. The minimum atomic E-state index is -0.261. The summed E-state index contributed by atoms with van der Waals surface area (Å²) in [5.41, 5.74) is 3.93. The molecule has 1 heteroatoms. The summed E-state index contributed by atoms with van der Waals surface area (Å²) in [6.07, 6.45) is 3.61. The largest absolute Gasteiger partial charge is 0.206 e. The molecule has 2 aromatic carbocycles. The van der Waals surface area contributed by atoms with Crippen LogP contribution in [0, 0.1) is 5.82 Å². The fourth-order valence-corrected chi connectivity index (χ4v) is 1.92. The van der Waals surface area contributed by atoms with Crippen molar-refractivity contribution in [1.82, 2.24) is 0 Å². The van der Waals surface area contributed by atoms with Crippen LogP contribution in [0.4, 0.5) is 4.39 Å². The van der Waals surface area contributed by atoms with E-state index in [0.717, 1.165) is 16.7 Å². The van der Waals surface area contributed by atoms with E-state index in [0.29, 0.717) is 11.1 Å². The van der Waals surface area contributed by atoms with Crippen molar-refractivity contribution < 1.29 is 4.39 Å². The van der Waals surface area contributed by atoms with Crippen molar-refractivity contribution in [3.8, 4) is 11.1 Å². The van der Waals surface area contributed by atoms with Gasteiger partial charge in [0.05, 0.1) is 0 Å². The molecule has 100 valence electrons. The van der Waals surface area contributed by atoms with Crippen molar-refractivity contribution in [2.45, 2.75) is 6.92 Å². The lowest BCUT2D eigenvalue weighted by atomic mass is 10.00. The maximum atomic E-state index is 14.2. The van der Waals surface area contributed by atoms with E-state index in [4.69, 9.17) is 0 Å². The molecule has 0 aromatic heterocycles. The Kier molecular flexibility index (Phi) is 4.31. The first-order valence-electron chi connectivity index (χ1n) is 6.46. The Morgan fingerprint density at radius 1 is 0.950 bits per heavy atom. The lowest BCUT2D eigenvalue weighted by molar-refractivity contribution is 0.625. The molecular formula is C19H17F. The van der Waals surface area contributed by atoms with Crippen molar-refractivity contribution in [3.63, 3.8) is 0 Å². The molecule has 2 rings (SSSR count). The average Bonchev–Trinajstić information content (AvgIpc) is 2.45. The third-order valence-corrected chi connectivity index (χ3v) is 2.99. The lowest BCUT2D eigenvalue weighted by Gasteiger charge is -2.06. The van der Waals surface area contributed by atoms with Crippen LogP contribution in [0.3, 0.4) is 0 Å².